The van der Waals surface area contributed by atoms with Crippen LogP contribution in [0.15, 0.2) is 30.3 Å². The second kappa shape index (κ2) is 6.89. The minimum Gasteiger partial charge on any atom is -0.340 e. The zero-order valence-electron chi connectivity index (χ0n) is 16.6. The van der Waals surface area contributed by atoms with Crippen LogP contribution in [0.2, 0.25) is 0 Å². The summed E-state index contributed by atoms with van der Waals surface area (Å²) < 4.78 is 16.5. The number of hydrogen-bond donors (Lipinski definition) is 1. The Morgan fingerprint density at radius 2 is 1.82 bits per heavy atom. The molecule has 1 aliphatic heterocycles. The highest BCUT2D eigenvalue weighted by Gasteiger charge is 2.27. The average Bonchev–Trinajstić information content (AvgIpc) is 3.49. The molecule has 0 spiro atoms. The van der Waals surface area contributed by atoms with Gasteiger partial charge >= 0.3 is 0 Å². The molecule has 0 amide bonds. The number of piperazine rings is 1. The van der Waals surface area contributed by atoms with Gasteiger partial charge in [0.05, 0.1) is 17.6 Å². The highest BCUT2D eigenvalue weighted by molar-refractivity contribution is 5.81. The van der Waals surface area contributed by atoms with Crippen molar-refractivity contribution >= 4 is 17.0 Å². The molecule has 5 rings (SSSR count). The molecule has 28 heavy (non-hydrogen) atoms. The number of halogens is 1. The van der Waals surface area contributed by atoms with Crippen LogP contribution in [-0.2, 0) is 6.54 Å². The molecule has 2 aromatic carbocycles. The lowest BCUT2D eigenvalue weighted by atomic mass is 10.1. The van der Waals surface area contributed by atoms with Crippen LogP contribution < -0.4 is 10.2 Å². The topological polar surface area (TPSA) is 33.1 Å². The molecule has 1 saturated heterocycles. The van der Waals surface area contributed by atoms with Crippen molar-refractivity contribution < 1.29 is 4.39 Å². The van der Waals surface area contributed by atoms with E-state index in [9.17, 15) is 4.39 Å². The van der Waals surface area contributed by atoms with E-state index in [1.807, 2.05) is 6.07 Å². The molecule has 0 atom stereocenters. The molecule has 1 aromatic heterocycles. The summed E-state index contributed by atoms with van der Waals surface area (Å²) >= 11 is 0. The normalized spacial score (nSPS) is 17.5. The summed E-state index contributed by atoms with van der Waals surface area (Å²) in [5, 5.41) is 3.42. The molecule has 1 N–H and O–H groups in total. The minimum atomic E-state index is -0.0597. The lowest BCUT2D eigenvalue weighted by Crippen LogP contribution is -2.44. The van der Waals surface area contributed by atoms with E-state index in [4.69, 9.17) is 4.98 Å². The predicted octanol–water partition coefficient (Wildman–Crippen LogP) is 4.13. The molecular weight excluding hydrogens is 351 g/mol. The van der Waals surface area contributed by atoms with Gasteiger partial charge in [-0.2, -0.15) is 0 Å². The fraction of sp³-hybridized carbons (Fsp3) is 0.435. The molecule has 3 aromatic rings. The minimum absolute atomic E-state index is 0.0597. The van der Waals surface area contributed by atoms with Crippen LogP contribution in [0.25, 0.3) is 11.0 Å². The monoisotopic (exact) mass is 378 g/mol. The van der Waals surface area contributed by atoms with Gasteiger partial charge in [-0.1, -0.05) is 12.1 Å². The molecule has 0 unspecified atom stereocenters. The summed E-state index contributed by atoms with van der Waals surface area (Å²) in [6.07, 6.45) is 2.22. The third-order valence-corrected chi connectivity index (χ3v) is 6.16. The maximum Gasteiger partial charge on any atom is 0.206 e. The number of hydrogen-bond acceptors (Lipinski definition) is 3. The Balaban J connectivity index is 1.60. The molecule has 4 nitrogen and oxygen atoms in total. The number of nitrogens with one attached hydrogen (secondary N) is 1. The van der Waals surface area contributed by atoms with E-state index < -0.39 is 0 Å². The Morgan fingerprint density at radius 1 is 1.07 bits per heavy atom. The van der Waals surface area contributed by atoms with Gasteiger partial charge in [0, 0.05) is 26.2 Å². The van der Waals surface area contributed by atoms with Crippen molar-refractivity contribution in [2.45, 2.75) is 39.2 Å². The van der Waals surface area contributed by atoms with Crippen LogP contribution in [0.4, 0.5) is 10.3 Å². The second-order valence-corrected chi connectivity index (χ2v) is 8.29. The predicted molar refractivity (Wildman–Crippen MR) is 112 cm³/mol. The number of nitrogens with zero attached hydrogens (tertiary/aromatic N) is 3. The van der Waals surface area contributed by atoms with Gasteiger partial charge in [-0.3, -0.25) is 0 Å². The molecule has 0 bridgehead atoms. The summed E-state index contributed by atoms with van der Waals surface area (Å²) in [6.45, 7) is 8.88. The molecule has 5 heteroatoms. The number of benzene rings is 2. The van der Waals surface area contributed by atoms with Crippen molar-refractivity contribution in [1.29, 1.82) is 0 Å². The van der Waals surface area contributed by atoms with Crippen LogP contribution >= 0.6 is 0 Å². The SMILES string of the molecule is Cc1cc2nc(N3CCNCC3)n(Cc3ccc(F)c(C4CC4)c3)c2cc1C. The zero-order chi connectivity index (χ0) is 19.3. The van der Waals surface area contributed by atoms with Gasteiger partial charge in [0.25, 0.3) is 0 Å². The third kappa shape index (κ3) is 3.18. The molecule has 2 aliphatic rings. The number of anilines is 1. The van der Waals surface area contributed by atoms with E-state index in [0.717, 1.165) is 73.7 Å². The highest BCUT2D eigenvalue weighted by Crippen LogP contribution is 2.41. The first-order valence-electron chi connectivity index (χ1n) is 10.3. The van der Waals surface area contributed by atoms with Crippen LogP contribution in [0, 0.1) is 19.7 Å². The Morgan fingerprint density at radius 3 is 2.57 bits per heavy atom. The summed E-state index contributed by atoms with van der Waals surface area (Å²) in [5.74, 6) is 1.38. The van der Waals surface area contributed by atoms with E-state index in [0.29, 0.717) is 5.92 Å². The Labute approximate surface area is 165 Å². The van der Waals surface area contributed by atoms with E-state index in [2.05, 4.69) is 46.8 Å². The Bertz CT molecular complexity index is 1030. The van der Waals surface area contributed by atoms with Crippen LogP contribution in [0.3, 0.4) is 0 Å². The number of aryl methyl sites for hydroxylation is 2. The van der Waals surface area contributed by atoms with Crippen LogP contribution in [-0.4, -0.2) is 35.7 Å². The molecule has 2 heterocycles. The summed E-state index contributed by atoms with van der Waals surface area (Å²) in [5.41, 5.74) is 6.78. The van der Waals surface area contributed by atoms with Crippen molar-refractivity contribution in [3.05, 3.63) is 58.4 Å². The fourth-order valence-electron chi connectivity index (χ4n) is 4.21. The quantitative estimate of drug-likeness (QED) is 0.741. The number of imidazole rings is 1. The lowest BCUT2D eigenvalue weighted by molar-refractivity contribution is 0.571. The van der Waals surface area contributed by atoms with E-state index >= 15 is 0 Å². The van der Waals surface area contributed by atoms with Crippen molar-refractivity contribution in [2.24, 2.45) is 0 Å². The largest absolute Gasteiger partial charge is 0.340 e. The number of fused-ring (bicyclic) bond motifs is 1. The standard InChI is InChI=1S/C23H27FN4/c1-15-11-21-22(12-16(15)2)28(23(26-21)27-9-7-25-8-10-27)14-17-3-6-20(24)19(13-17)18-4-5-18/h3,6,11-13,18,25H,4-5,7-10,14H2,1-2H3. The van der Waals surface area contributed by atoms with E-state index in [-0.39, 0.29) is 5.82 Å². The smallest absolute Gasteiger partial charge is 0.206 e. The maximum atomic E-state index is 14.2. The average molecular weight is 378 g/mol. The Hall–Kier alpha value is -2.40. The van der Waals surface area contributed by atoms with E-state index in [1.165, 1.54) is 11.1 Å². The number of rotatable bonds is 4. The first-order valence-corrected chi connectivity index (χ1v) is 10.3. The molecule has 1 aliphatic carbocycles. The van der Waals surface area contributed by atoms with Crippen molar-refractivity contribution in [2.75, 3.05) is 31.1 Å². The summed E-state index contributed by atoms with van der Waals surface area (Å²) in [6, 6.07) is 10.1. The summed E-state index contributed by atoms with van der Waals surface area (Å²) in [4.78, 5) is 7.38. The third-order valence-electron chi connectivity index (χ3n) is 6.16. The van der Waals surface area contributed by atoms with Gasteiger partial charge < -0.3 is 14.8 Å². The van der Waals surface area contributed by atoms with Gasteiger partial charge in [0.15, 0.2) is 0 Å². The van der Waals surface area contributed by atoms with Crippen LogP contribution in [0.5, 0.6) is 0 Å². The van der Waals surface area contributed by atoms with Gasteiger partial charge in [0.2, 0.25) is 5.95 Å². The molecular formula is C23H27FN4. The first kappa shape index (κ1) is 17.7. The molecule has 2 fully saturated rings. The van der Waals surface area contributed by atoms with Crippen molar-refractivity contribution in [3.8, 4) is 0 Å². The second-order valence-electron chi connectivity index (χ2n) is 8.29. The first-order chi connectivity index (χ1) is 13.6. The van der Waals surface area contributed by atoms with Gasteiger partial charge in [-0.25, -0.2) is 9.37 Å². The number of aromatic nitrogens is 2. The molecule has 146 valence electrons. The fourth-order valence-corrected chi connectivity index (χ4v) is 4.21. The zero-order valence-corrected chi connectivity index (χ0v) is 16.6. The van der Waals surface area contributed by atoms with Gasteiger partial charge in [0.1, 0.15) is 5.82 Å². The highest BCUT2D eigenvalue weighted by atomic mass is 19.1. The van der Waals surface area contributed by atoms with Crippen molar-refractivity contribution in [1.82, 2.24) is 14.9 Å². The van der Waals surface area contributed by atoms with Gasteiger partial charge in [-0.15, -0.1) is 0 Å². The van der Waals surface area contributed by atoms with Crippen molar-refractivity contribution in [3.63, 3.8) is 0 Å². The lowest BCUT2D eigenvalue weighted by Gasteiger charge is -2.29. The molecule has 0 radical (unpaired) electrons. The maximum absolute atomic E-state index is 14.2. The van der Waals surface area contributed by atoms with Crippen LogP contribution in [0.1, 0.15) is 41.0 Å². The van der Waals surface area contributed by atoms with Gasteiger partial charge in [-0.05, 0) is 73.1 Å². The van der Waals surface area contributed by atoms with E-state index in [1.54, 1.807) is 6.07 Å². The summed E-state index contributed by atoms with van der Waals surface area (Å²) in [7, 11) is 0. The Kier molecular flexibility index (Phi) is 4.35. The molecule has 1 saturated carbocycles.